The molecule has 1 aromatic rings. The van der Waals surface area contributed by atoms with Crippen LogP contribution in [-0.4, -0.2) is 61.0 Å². The summed E-state index contributed by atoms with van der Waals surface area (Å²) in [6.45, 7) is 0. The molecule has 0 aromatic heterocycles. The molecule has 1 aliphatic heterocycles. The molecule has 1 radical (unpaired) electrons. The van der Waals surface area contributed by atoms with Crippen LogP contribution in [0.2, 0.25) is 0 Å². The number of hydrogen-bond donors (Lipinski definition) is 2. The molecular formula is C14H19NO6Y-2. The standard InChI is InChI=1S/C8H15NO6.C6H5.Y/c1-13-5-3(10)4(11)8(14-2)15-6(5)7(9)12;1-2-4-6-5-3-1;/h3-6,8,10-11H,1-2H3,(H2,9,12);1-5H;/q;-1;/p-1/t3?,4?,5-,6+,8+;;/m0../s1. The van der Waals surface area contributed by atoms with Crippen LogP contribution in [0.25, 0.3) is 5.73 Å². The first-order valence-corrected chi connectivity index (χ1v) is 6.26. The normalized spacial score (nSPS) is 30.5. The smallest absolute Gasteiger partial charge is 0.186 e. The van der Waals surface area contributed by atoms with Gasteiger partial charge in [-0.05, 0) is 0 Å². The van der Waals surface area contributed by atoms with Crippen molar-refractivity contribution in [3.63, 3.8) is 0 Å². The van der Waals surface area contributed by atoms with Crippen LogP contribution in [0.3, 0.4) is 0 Å². The Morgan fingerprint density at radius 1 is 1.14 bits per heavy atom. The number of aliphatic hydroxyl groups excluding tert-OH is 2. The summed E-state index contributed by atoms with van der Waals surface area (Å²) in [4.78, 5) is 10.9. The molecular weight excluding hydrogens is 367 g/mol. The fraction of sp³-hybridized carbons (Fsp3) is 0.500. The molecule has 22 heavy (non-hydrogen) atoms. The molecule has 1 amide bonds. The molecule has 121 valence electrons. The van der Waals surface area contributed by atoms with Gasteiger partial charge in [-0.1, -0.05) is 0 Å². The van der Waals surface area contributed by atoms with E-state index in [2.05, 4.69) is 6.07 Å². The maximum Gasteiger partial charge on any atom is 0.186 e. The average molecular weight is 386 g/mol. The summed E-state index contributed by atoms with van der Waals surface area (Å²) >= 11 is 0. The van der Waals surface area contributed by atoms with E-state index in [1.54, 1.807) is 0 Å². The Morgan fingerprint density at radius 2 is 1.73 bits per heavy atom. The van der Waals surface area contributed by atoms with Gasteiger partial charge in [-0.25, -0.2) is 0 Å². The largest absolute Gasteiger partial charge is 0.665 e. The molecule has 1 aliphatic rings. The topological polar surface area (TPSA) is 109 Å². The summed E-state index contributed by atoms with van der Waals surface area (Å²) in [6, 6.07) is 12.5. The number of rotatable bonds is 3. The van der Waals surface area contributed by atoms with Crippen LogP contribution in [-0.2, 0) is 51.7 Å². The van der Waals surface area contributed by atoms with Crippen LogP contribution in [0.5, 0.6) is 0 Å². The molecule has 0 spiro atoms. The van der Waals surface area contributed by atoms with E-state index in [4.69, 9.17) is 19.9 Å². The molecule has 3 N–H and O–H groups in total. The van der Waals surface area contributed by atoms with E-state index in [9.17, 15) is 15.0 Å². The maximum absolute atomic E-state index is 10.9. The second-order valence-electron chi connectivity index (χ2n) is 4.28. The first-order valence-electron chi connectivity index (χ1n) is 6.26. The number of carbonyl (C=O) groups excluding carboxylic acids is 1. The molecule has 1 saturated heterocycles. The van der Waals surface area contributed by atoms with Crippen molar-refractivity contribution in [3.8, 4) is 0 Å². The van der Waals surface area contributed by atoms with E-state index in [0.29, 0.717) is 0 Å². The van der Waals surface area contributed by atoms with Gasteiger partial charge in [0.1, 0.15) is 24.4 Å². The maximum atomic E-state index is 10.9. The Balaban J connectivity index is 0.000000529. The Bertz CT molecular complexity index is 394. The molecule has 1 aromatic carbocycles. The van der Waals surface area contributed by atoms with Gasteiger partial charge in [0.05, 0.1) is 5.91 Å². The summed E-state index contributed by atoms with van der Waals surface area (Å²) in [7, 11) is 2.52. The third-order valence-electron chi connectivity index (χ3n) is 2.91. The van der Waals surface area contributed by atoms with E-state index in [0.717, 1.165) is 0 Å². The van der Waals surface area contributed by atoms with Crippen LogP contribution in [0.15, 0.2) is 30.3 Å². The number of benzene rings is 1. The van der Waals surface area contributed by atoms with E-state index < -0.39 is 36.6 Å². The molecule has 2 rings (SSSR count). The van der Waals surface area contributed by atoms with Gasteiger partial charge in [0.15, 0.2) is 6.29 Å². The predicted octanol–water partition coefficient (Wildman–Crippen LogP) is 0.158. The van der Waals surface area contributed by atoms with Crippen molar-refractivity contribution < 1.29 is 61.9 Å². The minimum atomic E-state index is -1.33. The van der Waals surface area contributed by atoms with Gasteiger partial charge in [-0.2, -0.15) is 36.4 Å². The second kappa shape index (κ2) is 11.2. The number of hydrogen-bond acceptors (Lipinski definition) is 6. The molecule has 0 saturated carbocycles. The monoisotopic (exact) mass is 386 g/mol. The predicted molar refractivity (Wildman–Crippen MR) is 73.1 cm³/mol. The second-order valence-corrected chi connectivity index (χ2v) is 4.28. The van der Waals surface area contributed by atoms with Crippen LogP contribution in [0.4, 0.5) is 0 Å². The average Bonchev–Trinajstić information content (AvgIpc) is 2.51. The minimum Gasteiger partial charge on any atom is -0.665 e. The Labute approximate surface area is 154 Å². The minimum absolute atomic E-state index is 0. The van der Waals surface area contributed by atoms with E-state index in [-0.39, 0.29) is 32.7 Å². The summed E-state index contributed by atoms with van der Waals surface area (Å²) in [5.41, 5.74) is 6.93. The fourth-order valence-corrected chi connectivity index (χ4v) is 1.85. The van der Waals surface area contributed by atoms with Crippen LogP contribution in [0.1, 0.15) is 0 Å². The molecule has 0 aliphatic carbocycles. The van der Waals surface area contributed by atoms with Gasteiger partial charge in [0, 0.05) is 46.9 Å². The van der Waals surface area contributed by atoms with Crippen molar-refractivity contribution in [2.75, 3.05) is 14.2 Å². The SMILES string of the molecule is CO[C@@H]1O[C@@H](C([NH-])=O)[C@@H](OC)C(O)C1O.[Y].[c-]1ccccc1. The summed E-state index contributed by atoms with van der Waals surface area (Å²) in [5.74, 6) is -1.03. The zero-order valence-electron chi connectivity index (χ0n) is 12.4. The van der Waals surface area contributed by atoms with Crippen molar-refractivity contribution in [2.45, 2.75) is 30.7 Å². The zero-order chi connectivity index (χ0) is 15.8. The molecule has 5 atom stereocenters. The number of nitrogens with one attached hydrogen (secondary N) is 1. The van der Waals surface area contributed by atoms with E-state index in [1.165, 1.54) is 14.2 Å². The van der Waals surface area contributed by atoms with Gasteiger partial charge >= 0.3 is 0 Å². The Hall–Kier alpha value is -0.406. The molecule has 0 bridgehead atoms. The van der Waals surface area contributed by atoms with Crippen LogP contribution in [0, 0.1) is 6.07 Å². The zero-order valence-corrected chi connectivity index (χ0v) is 15.2. The van der Waals surface area contributed by atoms with Gasteiger partial charge in [0.2, 0.25) is 0 Å². The van der Waals surface area contributed by atoms with E-state index in [1.807, 2.05) is 30.3 Å². The molecule has 8 heteroatoms. The van der Waals surface area contributed by atoms with Crippen molar-refractivity contribution >= 4 is 5.91 Å². The van der Waals surface area contributed by atoms with Crippen molar-refractivity contribution in [2.24, 2.45) is 0 Å². The van der Waals surface area contributed by atoms with Crippen molar-refractivity contribution in [3.05, 3.63) is 42.1 Å². The summed E-state index contributed by atoms with van der Waals surface area (Å²) in [6.07, 6.45) is -6.08. The fourth-order valence-electron chi connectivity index (χ4n) is 1.85. The quantitative estimate of drug-likeness (QED) is 0.717. The summed E-state index contributed by atoms with van der Waals surface area (Å²) < 4.78 is 14.5. The van der Waals surface area contributed by atoms with Crippen molar-refractivity contribution in [1.82, 2.24) is 0 Å². The third kappa shape index (κ3) is 6.00. The van der Waals surface area contributed by atoms with Gasteiger partial charge < -0.3 is 35.0 Å². The summed E-state index contributed by atoms with van der Waals surface area (Å²) in [5, 5.41) is 19.1. The van der Waals surface area contributed by atoms with Crippen LogP contribution >= 0.6 is 0 Å². The first kappa shape index (κ1) is 21.6. The van der Waals surface area contributed by atoms with Gasteiger partial charge in [-0.3, -0.25) is 0 Å². The van der Waals surface area contributed by atoms with Crippen molar-refractivity contribution in [1.29, 1.82) is 0 Å². The molecule has 1 heterocycles. The number of amides is 1. The first-order chi connectivity index (χ1) is 10.0. The third-order valence-corrected chi connectivity index (χ3v) is 2.91. The number of ether oxygens (including phenoxy) is 3. The Kier molecular flexibility index (Phi) is 11.0. The molecule has 7 nitrogen and oxygen atoms in total. The van der Waals surface area contributed by atoms with Gasteiger partial charge in [0.25, 0.3) is 0 Å². The number of carbonyl (C=O) groups is 1. The number of methoxy groups -OCH3 is 2. The van der Waals surface area contributed by atoms with Crippen LogP contribution < -0.4 is 0 Å². The number of aliphatic hydroxyl groups is 2. The molecule has 1 fully saturated rings. The Morgan fingerprint density at radius 3 is 2.05 bits per heavy atom. The van der Waals surface area contributed by atoms with E-state index >= 15 is 0 Å². The van der Waals surface area contributed by atoms with Gasteiger partial charge in [-0.15, -0.1) is 0 Å². The molecule has 2 unspecified atom stereocenters.